The SMILES string of the molecule is O=C(c1ccccc1)N1CCCN(c2ccc3nnc(C4CC4)n3n2)CC1. The highest BCUT2D eigenvalue weighted by Crippen LogP contribution is 2.38. The predicted octanol–water partition coefficient (Wildman–Crippen LogP) is 2.35. The minimum atomic E-state index is 0.107. The number of hydrogen-bond acceptors (Lipinski definition) is 5. The minimum Gasteiger partial charge on any atom is -0.353 e. The number of benzene rings is 1. The van der Waals surface area contributed by atoms with Gasteiger partial charge in [-0.2, -0.15) is 4.52 Å². The normalized spacial score (nSPS) is 17.9. The number of amides is 1. The lowest BCUT2D eigenvalue weighted by Crippen LogP contribution is -2.35. The fourth-order valence-electron chi connectivity index (χ4n) is 3.67. The second-order valence-corrected chi connectivity index (χ2v) is 7.29. The van der Waals surface area contributed by atoms with Crippen LogP contribution in [0.4, 0.5) is 5.82 Å². The molecule has 2 fully saturated rings. The van der Waals surface area contributed by atoms with Gasteiger partial charge in [-0.1, -0.05) is 18.2 Å². The Balaban J connectivity index is 1.34. The van der Waals surface area contributed by atoms with E-state index in [9.17, 15) is 4.79 Å². The van der Waals surface area contributed by atoms with Gasteiger partial charge in [0.1, 0.15) is 5.82 Å². The summed E-state index contributed by atoms with van der Waals surface area (Å²) in [7, 11) is 0. The molecule has 0 spiro atoms. The molecule has 1 aliphatic heterocycles. The smallest absolute Gasteiger partial charge is 0.253 e. The first kappa shape index (κ1) is 16.2. The van der Waals surface area contributed by atoms with Gasteiger partial charge in [0, 0.05) is 37.7 Å². The van der Waals surface area contributed by atoms with Gasteiger partial charge in [0.25, 0.3) is 5.91 Å². The van der Waals surface area contributed by atoms with E-state index in [1.165, 1.54) is 12.8 Å². The van der Waals surface area contributed by atoms with Gasteiger partial charge in [-0.15, -0.1) is 15.3 Å². The van der Waals surface area contributed by atoms with E-state index in [2.05, 4.69) is 15.1 Å². The summed E-state index contributed by atoms with van der Waals surface area (Å²) >= 11 is 0. The first-order valence-corrected chi connectivity index (χ1v) is 9.61. The monoisotopic (exact) mass is 362 g/mol. The van der Waals surface area contributed by atoms with Gasteiger partial charge in [-0.05, 0) is 43.5 Å². The molecule has 0 N–H and O–H groups in total. The molecule has 0 atom stereocenters. The maximum absolute atomic E-state index is 12.7. The van der Waals surface area contributed by atoms with Gasteiger partial charge in [0.15, 0.2) is 11.5 Å². The van der Waals surface area contributed by atoms with Gasteiger partial charge < -0.3 is 9.80 Å². The van der Waals surface area contributed by atoms with Crippen LogP contribution in [0.3, 0.4) is 0 Å². The van der Waals surface area contributed by atoms with Gasteiger partial charge in [-0.3, -0.25) is 4.79 Å². The van der Waals surface area contributed by atoms with Crippen LogP contribution in [0.25, 0.3) is 5.65 Å². The van der Waals surface area contributed by atoms with E-state index in [1.807, 2.05) is 51.9 Å². The van der Waals surface area contributed by atoms with Crippen molar-refractivity contribution in [2.45, 2.75) is 25.2 Å². The highest BCUT2D eigenvalue weighted by atomic mass is 16.2. The largest absolute Gasteiger partial charge is 0.353 e. The maximum Gasteiger partial charge on any atom is 0.253 e. The molecular formula is C20H22N6O. The van der Waals surface area contributed by atoms with E-state index in [4.69, 9.17) is 5.10 Å². The van der Waals surface area contributed by atoms with Gasteiger partial charge in [0.2, 0.25) is 0 Å². The van der Waals surface area contributed by atoms with Crippen molar-refractivity contribution in [1.82, 2.24) is 24.7 Å². The number of carbonyl (C=O) groups is 1. The molecule has 0 bridgehead atoms. The zero-order valence-corrected chi connectivity index (χ0v) is 15.2. The van der Waals surface area contributed by atoms with Crippen molar-refractivity contribution in [2.24, 2.45) is 0 Å². The minimum absolute atomic E-state index is 0.107. The maximum atomic E-state index is 12.7. The van der Waals surface area contributed by atoms with E-state index < -0.39 is 0 Å². The Bertz CT molecular complexity index is 965. The van der Waals surface area contributed by atoms with E-state index >= 15 is 0 Å². The molecule has 1 amide bonds. The number of anilines is 1. The van der Waals surface area contributed by atoms with E-state index in [0.29, 0.717) is 12.5 Å². The van der Waals surface area contributed by atoms with Crippen molar-refractivity contribution < 1.29 is 4.79 Å². The van der Waals surface area contributed by atoms with Crippen LogP contribution >= 0.6 is 0 Å². The zero-order chi connectivity index (χ0) is 18.2. The number of nitrogens with zero attached hydrogens (tertiary/aromatic N) is 6. The number of hydrogen-bond donors (Lipinski definition) is 0. The quantitative estimate of drug-likeness (QED) is 0.716. The lowest BCUT2D eigenvalue weighted by Gasteiger charge is -2.23. The summed E-state index contributed by atoms with van der Waals surface area (Å²) in [5, 5.41) is 13.3. The van der Waals surface area contributed by atoms with Crippen molar-refractivity contribution >= 4 is 17.4 Å². The third-order valence-corrected chi connectivity index (χ3v) is 5.34. The van der Waals surface area contributed by atoms with Crippen LogP contribution in [0, 0.1) is 0 Å². The number of rotatable bonds is 3. The molecule has 27 heavy (non-hydrogen) atoms. The summed E-state index contributed by atoms with van der Waals surface area (Å²) in [6, 6.07) is 13.5. The summed E-state index contributed by atoms with van der Waals surface area (Å²) in [5.41, 5.74) is 1.56. The second kappa shape index (κ2) is 6.64. The Hall–Kier alpha value is -2.96. The van der Waals surface area contributed by atoms with Crippen LogP contribution < -0.4 is 4.90 Å². The van der Waals surface area contributed by atoms with Crippen LogP contribution in [0.5, 0.6) is 0 Å². The lowest BCUT2D eigenvalue weighted by atomic mass is 10.2. The summed E-state index contributed by atoms with van der Waals surface area (Å²) in [4.78, 5) is 16.9. The van der Waals surface area contributed by atoms with E-state index in [-0.39, 0.29) is 5.91 Å². The molecule has 1 aromatic carbocycles. The molecule has 2 aliphatic rings. The van der Waals surface area contributed by atoms with Crippen LogP contribution in [-0.2, 0) is 0 Å². The number of aromatic nitrogens is 4. The fourth-order valence-corrected chi connectivity index (χ4v) is 3.67. The summed E-state index contributed by atoms with van der Waals surface area (Å²) < 4.78 is 1.89. The second-order valence-electron chi connectivity index (χ2n) is 7.29. The van der Waals surface area contributed by atoms with E-state index in [0.717, 1.165) is 48.9 Å². The van der Waals surface area contributed by atoms with Crippen molar-refractivity contribution in [1.29, 1.82) is 0 Å². The average molecular weight is 362 g/mol. The van der Waals surface area contributed by atoms with Crippen molar-refractivity contribution in [3.05, 3.63) is 53.9 Å². The Labute approximate surface area is 157 Å². The van der Waals surface area contributed by atoms with Crippen molar-refractivity contribution in [3.63, 3.8) is 0 Å². The molecule has 1 saturated heterocycles. The number of carbonyl (C=O) groups excluding carboxylic acids is 1. The Morgan fingerprint density at radius 1 is 0.926 bits per heavy atom. The van der Waals surface area contributed by atoms with Crippen LogP contribution in [-0.4, -0.2) is 56.8 Å². The topological polar surface area (TPSA) is 66.6 Å². The van der Waals surface area contributed by atoms with Crippen LogP contribution in [0.1, 0.15) is 41.4 Å². The summed E-state index contributed by atoms with van der Waals surface area (Å²) in [5.74, 6) is 2.52. The van der Waals surface area contributed by atoms with Crippen molar-refractivity contribution in [3.8, 4) is 0 Å². The van der Waals surface area contributed by atoms with Gasteiger partial charge >= 0.3 is 0 Å². The molecule has 2 aromatic heterocycles. The first-order chi connectivity index (χ1) is 13.3. The number of fused-ring (bicyclic) bond motifs is 1. The van der Waals surface area contributed by atoms with Gasteiger partial charge in [0.05, 0.1) is 0 Å². The molecule has 7 nitrogen and oxygen atoms in total. The molecule has 0 unspecified atom stereocenters. The average Bonchev–Trinajstić information content (AvgIpc) is 3.51. The third-order valence-electron chi connectivity index (χ3n) is 5.34. The molecule has 5 rings (SSSR count). The van der Waals surface area contributed by atoms with Crippen molar-refractivity contribution in [2.75, 3.05) is 31.1 Å². The molecule has 3 aromatic rings. The Morgan fingerprint density at radius 2 is 1.78 bits per heavy atom. The molecule has 1 aliphatic carbocycles. The highest BCUT2D eigenvalue weighted by molar-refractivity contribution is 5.94. The predicted molar refractivity (Wildman–Crippen MR) is 102 cm³/mol. The Morgan fingerprint density at radius 3 is 2.59 bits per heavy atom. The molecule has 3 heterocycles. The molecule has 0 radical (unpaired) electrons. The first-order valence-electron chi connectivity index (χ1n) is 9.61. The van der Waals surface area contributed by atoms with E-state index in [1.54, 1.807) is 0 Å². The van der Waals surface area contributed by atoms with Crippen LogP contribution in [0.2, 0.25) is 0 Å². The lowest BCUT2D eigenvalue weighted by molar-refractivity contribution is 0.0767. The molecule has 138 valence electrons. The Kier molecular flexibility index (Phi) is 3.99. The molecule has 7 heteroatoms. The fraction of sp³-hybridized carbons (Fsp3) is 0.400. The highest BCUT2D eigenvalue weighted by Gasteiger charge is 2.29. The standard InChI is InChI=1S/C20H22N6O/c27-20(16-5-2-1-3-6-16)25-12-4-11-24(13-14-25)18-10-9-17-21-22-19(15-7-8-15)26(17)23-18/h1-3,5-6,9-10,15H,4,7-8,11-14H2. The van der Waals surface area contributed by atoms with Gasteiger partial charge in [-0.25, -0.2) is 0 Å². The zero-order valence-electron chi connectivity index (χ0n) is 15.2. The molecular weight excluding hydrogens is 340 g/mol. The summed E-state index contributed by atoms with van der Waals surface area (Å²) in [6.07, 6.45) is 3.27. The molecule has 1 saturated carbocycles. The van der Waals surface area contributed by atoms with Crippen LogP contribution in [0.15, 0.2) is 42.5 Å². The summed E-state index contributed by atoms with van der Waals surface area (Å²) in [6.45, 7) is 3.13. The third kappa shape index (κ3) is 3.13.